The van der Waals surface area contributed by atoms with Crippen molar-refractivity contribution in [3.63, 3.8) is 0 Å². The van der Waals surface area contributed by atoms with Crippen molar-refractivity contribution in [2.45, 2.75) is 32.8 Å². The van der Waals surface area contributed by atoms with Crippen molar-refractivity contribution in [3.8, 4) is 23.3 Å². The Balaban J connectivity index is 1.80. The summed E-state index contributed by atoms with van der Waals surface area (Å²) in [6.07, 6.45) is -0.839. The van der Waals surface area contributed by atoms with E-state index in [1.54, 1.807) is 37.3 Å². The van der Waals surface area contributed by atoms with E-state index >= 15 is 0 Å². The highest BCUT2D eigenvalue weighted by Gasteiger charge is 2.27. The molecular formula is C25H22ClNO3. The molecule has 2 atom stereocenters. The summed E-state index contributed by atoms with van der Waals surface area (Å²) in [5.41, 5.74) is 2.67. The van der Waals surface area contributed by atoms with Crippen molar-refractivity contribution >= 4 is 17.4 Å². The van der Waals surface area contributed by atoms with E-state index in [0.29, 0.717) is 27.8 Å². The second kappa shape index (κ2) is 9.47. The molecule has 0 saturated heterocycles. The molecule has 3 rings (SSSR count). The molecule has 2 unspecified atom stereocenters. The van der Waals surface area contributed by atoms with Gasteiger partial charge in [0.1, 0.15) is 11.7 Å². The minimum atomic E-state index is -0.903. The molecule has 3 aromatic carbocycles. The molecule has 0 aliphatic rings. The molecule has 4 nitrogen and oxygen atoms in total. The lowest BCUT2D eigenvalue weighted by Crippen LogP contribution is -2.29. The van der Waals surface area contributed by atoms with Crippen molar-refractivity contribution in [2.24, 2.45) is 0 Å². The fourth-order valence-electron chi connectivity index (χ4n) is 3.07. The maximum absolute atomic E-state index is 12.9. The summed E-state index contributed by atoms with van der Waals surface area (Å²) in [4.78, 5) is 12.9. The number of carbonyl (C=O) groups excluding carboxylic acids is 1. The molecule has 0 spiro atoms. The number of hydrogen-bond acceptors (Lipinski definition) is 4. The average Bonchev–Trinajstić information content (AvgIpc) is 2.72. The number of ether oxygens (including phenoxy) is 2. The molecule has 0 amide bonds. The smallest absolute Gasteiger partial charge is 0.194 e. The number of rotatable bonds is 7. The normalized spacial score (nSPS) is 12.5. The highest BCUT2D eigenvalue weighted by atomic mass is 35.5. The molecule has 0 radical (unpaired) electrons. The lowest BCUT2D eigenvalue weighted by molar-refractivity contribution is -0.125. The van der Waals surface area contributed by atoms with Gasteiger partial charge in [-0.05, 0) is 56.2 Å². The summed E-state index contributed by atoms with van der Waals surface area (Å²) in [6.45, 7) is 5.50. The lowest BCUT2D eigenvalue weighted by atomic mass is 9.92. The van der Waals surface area contributed by atoms with Crippen LogP contribution in [-0.2, 0) is 4.79 Å². The van der Waals surface area contributed by atoms with Gasteiger partial charge < -0.3 is 9.47 Å². The Hall–Kier alpha value is -3.29. The summed E-state index contributed by atoms with van der Waals surface area (Å²) in [5, 5.41) is 10.1. The maximum atomic E-state index is 12.9. The van der Waals surface area contributed by atoms with Gasteiger partial charge in [-0.25, -0.2) is 0 Å². The number of ketones is 1. The van der Waals surface area contributed by atoms with Gasteiger partial charge in [0.2, 0.25) is 0 Å². The summed E-state index contributed by atoms with van der Waals surface area (Å²) >= 11 is 6.27. The number of para-hydroxylation sites is 2. The van der Waals surface area contributed by atoms with E-state index in [4.69, 9.17) is 21.1 Å². The van der Waals surface area contributed by atoms with Crippen LogP contribution in [-0.4, -0.2) is 11.9 Å². The number of nitrogens with zero attached hydrogens (tertiary/aromatic N) is 1. The minimum Gasteiger partial charge on any atom is -0.479 e. The number of nitriles is 1. The van der Waals surface area contributed by atoms with Crippen LogP contribution in [0, 0.1) is 25.2 Å². The molecule has 0 N–H and O–H groups in total. The van der Waals surface area contributed by atoms with Crippen LogP contribution in [0.3, 0.4) is 0 Å². The second-order valence-electron chi connectivity index (χ2n) is 7.12. The van der Waals surface area contributed by atoms with E-state index in [-0.39, 0.29) is 5.78 Å². The topological polar surface area (TPSA) is 59.3 Å². The first-order chi connectivity index (χ1) is 14.4. The number of carbonyl (C=O) groups is 1. The zero-order valence-electron chi connectivity index (χ0n) is 17.1. The zero-order valence-corrected chi connectivity index (χ0v) is 17.8. The number of benzene rings is 3. The van der Waals surface area contributed by atoms with E-state index in [2.05, 4.69) is 6.07 Å². The van der Waals surface area contributed by atoms with Gasteiger partial charge in [-0.3, -0.25) is 4.79 Å². The van der Waals surface area contributed by atoms with E-state index in [9.17, 15) is 10.1 Å². The third-order valence-electron chi connectivity index (χ3n) is 4.65. The fourth-order valence-corrected chi connectivity index (χ4v) is 3.35. The van der Waals surface area contributed by atoms with E-state index in [1.165, 1.54) is 0 Å². The Morgan fingerprint density at radius 3 is 2.30 bits per heavy atom. The lowest BCUT2D eigenvalue weighted by Gasteiger charge is -2.19. The zero-order chi connectivity index (χ0) is 21.7. The number of aryl methyl sites for hydroxylation is 2. The van der Waals surface area contributed by atoms with Gasteiger partial charge in [0.15, 0.2) is 23.4 Å². The van der Waals surface area contributed by atoms with Crippen molar-refractivity contribution in [1.82, 2.24) is 0 Å². The van der Waals surface area contributed by atoms with Crippen LogP contribution in [0.25, 0.3) is 0 Å². The molecule has 0 fully saturated rings. The molecule has 30 heavy (non-hydrogen) atoms. The summed E-state index contributed by atoms with van der Waals surface area (Å²) in [7, 11) is 0. The fraction of sp³-hybridized carbons (Fsp3) is 0.200. The van der Waals surface area contributed by atoms with Gasteiger partial charge in [0.05, 0.1) is 11.1 Å². The van der Waals surface area contributed by atoms with E-state index in [0.717, 1.165) is 11.1 Å². The number of halogens is 1. The van der Waals surface area contributed by atoms with E-state index < -0.39 is 12.0 Å². The summed E-state index contributed by atoms with van der Waals surface area (Å²) in [5.74, 6) is 0.112. The summed E-state index contributed by atoms with van der Waals surface area (Å²) < 4.78 is 11.8. The van der Waals surface area contributed by atoms with Gasteiger partial charge in [-0.15, -0.1) is 0 Å². The second-order valence-corrected chi connectivity index (χ2v) is 7.53. The summed E-state index contributed by atoms with van der Waals surface area (Å²) in [6, 6.07) is 22.0. The first-order valence-electron chi connectivity index (χ1n) is 9.58. The van der Waals surface area contributed by atoms with Crippen molar-refractivity contribution in [1.29, 1.82) is 5.26 Å². The molecule has 152 valence electrons. The van der Waals surface area contributed by atoms with Crippen LogP contribution in [0.1, 0.15) is 29.5 Å². The molecule has 3 aromatic rings. The van der Waals surface area contributed by atoms with E-state index in [1.807, 2.05) is 50.2 Å². The molecule has 5 heteroatoms. The number of Topliss-reactive ketones (excluding diaryl/α,β-unsaturated/α-hetero) is 1. The maximum Gasteiger partial charge on any atom is 0.194 e. The first kappa shape index (κ1) is 21.4. The van der Waals surface area contributed by atoms with Crippen LogP contribution in [0.5, 0.6) is 17.2 Å². The highest BCUT2D eigenvalue weighted by molar-refractivity contribution is 6.32. The van der Waals surface area contributed by atoms with Gasteiger partial charge >= 0.3 is 0 Å². The van der Waals surface area contributed by atoms with Gasteiger partial charge in [0, 0.05) is 0 Å². The monoisotopic (exact) mass is 419 g/mol. The SMILES string of the molecule is Cc1cccc(C(C#N)C(=O)C(C)Oc2ccccc2Oc2ccc(C)cc2Cl)c1. The molecule has 0 aliphatic carbocycles. The molecule has 0 bridgehead atoms. The predicted molar refractivity (Wildman–Crippen MR) is 117 cm³/mol. The first-order valence-corrected chi connectivity index (χ1v) is 9.96. The van der Waals surface area contributed by atoms with Crippen LogP contribution in [0.4, 0.5) is 0 Å². The van der Waals surface area contributed by atoms with Gasteiger partial charge in [0.25, 0.3) is 0 Å². The Morgan fingerprint density at radius 1 is 0.933 bits per heavy atom. The van der Waals surface area contributed by atoms with Crippen LogP contribution in [0.2, 0.25) is 5.02 Å². The van der Waals surface area contributed by atoms with Crippen LogP contribution >= 0.6 is 11.6 Å². The molecule has 0 heterocycles. The number of hydrogen-bond donors (Lipinski definition) is 0. The van der Waals surface area contributed by atoms with Crippen LogP contribution in [0.15, 0.2) is 66.7 Å². The molecule has 0 saturated carbocycles. The van der Waals surface area contributed by atoms with Gasteiger partial charge in [-0.1, -0.05) is 59.6 Å². The third-order valence-corrected chi connectivity index (χ3v) is 4.95. The highest BCUT2D eigenvalue weighted by Crippen LogP contribution is 2.36. The Bertz CT molecular complexity index is 1100. The Labute approximate surface area is 181 Å². The largest absolute Gasteiger partial charge is 0.479 e. The van der Waals surface area contributed by atoms with Crippen molar-refractivity contribution < 1.29 is 14.3 Å². The average molecular weight is 420 g/mol. The quantitative estimate of drug-likeness (QED) is 0.445. The molecular weight excluding hydrogens is 398 g/mol. The van der Waals surface area contributed by atoms with Crippen LogP contribution < -0.4 is 9.47 Å². The van der Waals surface area contributed by atoms with Gasteiger partial charge in [-0.2, -0.15) is 5.26 Å². The minimum absolute atomic E-state index is 0.314. The van der Waals surface area contributed by atoms with Crippen molar-refractivity contribution in [3.05, 3.63) is 88.4 Å². The predicted octanol–water partition coefficient (Wildman–Crippen LogP) is 6.39. The molecule has 0 aromatic heterocycles. The Kier molecular flexibility index (Phi) is 6.76. The standard InChI is InChI=1S/C25H22ClNO3/c1-16-7-6-8-19(13-16)20(15-27)25(28)18(3)29-23-9-4-5-10-24(23)30-22-12-11-17(2)14-21(22)26/h4-14,18,20H,1-3H3. The third kappa shape index (κ3) is 5.00. The Morgan fingerprint density at radius 2 is 1.63 bits per heavy atom. The van der Waals surface area contributed by atoms with Crippen molar-refractivity contribution in [2.75, 3.05) is 0 Å². The molecule has 0 aliphatic heterocycles.